The van der Waals surface area contributed by atoms with Gasteiger partial charge >= 0.3 is 0 Å². The molecule has 0 spiro atoms. The Bertz CT molecular complexity index is 1170. The van der Waals surface area contributed by atoms with Crippen LogP contribution in [0.15, 0.2) is 58.9 Å². The summed E-state index contributed by atoms with van der Waals surface area (Å²) in [5, 5.41) is 11.3. The number of allylic oxidation sites excluding steroid dienone is 1. The van der Waals surface area contributed by atoms with E-state index in [2.05, 4.69) is 20.7 Å². The molecular formula is C22H22FN5OS. The van der Waals surface area contributed by atoms with Gasteiger partial charge in [-0.25, -0.2) is 9.07 Å². The van der Waals surface area contributed by atoms with Crippen LogP contribution in [0.2, 0.25) is 0 Å². The summed E-state index contributed by atoms with van der Waals surface area (Å²) in [6.07, 6.45) is 1.88. The van der Waals surface area contributed by atoms with E-state index in [4.69, 9.17) is 0 Å². The van der Waals surface area contributed by atoms with Crippen LogP contribution in [0.4, 0.5) is 16.0 Å². The van der Waals surface area contributed by atoms with Crippen molar-refractivity contribution in [1.82, 2.24) is 14.8 Å². The van der Waals surface area contributed by atoms with Gasteiger partial charge in [0.15, 0.2) is 0 Å². The second-order valence-corrected chi connectivity index (χ2v) is 8.03. The van der Waals surface area contributed by atoms with Gasteiger partial charge in [0, 0.05) is 11.4 Å². The quantitative estimate of drug-likeness (QED) is 0.596. The molecule has 1 aliphatic rings. The zero-order valence-corrected chi connectivity index (χ0v) is 18.0. The Morgan fingerprint density at radius 1 is 1.20 bits per heavy atom. The van der Waals surface area contributed by atoms with Crippen LogP contribution >= 0.6 is 11.8 Å². The number of fused-ring (bicyclic) bond motifs is 1. The minimum Gasteiger partial charge on any atom is -0.328 e. The van der Waals surface area contributed by atoms with Crippen LogP contribution < -0.4 is 10.6 Å². The molecular weight excluding hydrogens is 401 g/mol. The van der Waals surface area contributed by atoms with E-state index in [1.807, 2.05) is 45.2 Å². The smallest absolute Gasteiger partial charge is 0.255 e. The van der Waals surface area contributed by atoms with Crippen LogP contribution in [0.3, 0.4) is 0 Å². The Hall–Kier alpha value is -3.13. The maximum atomic E-state index is 14.1. The lowest BCUT2D eigenvalue weighted by atomic mass is 9.95. The highest BCUT2D eigenvalue weighted by molar-refractivity contribution is 7.98. The van der Waals surface area contributed by atoms with Gasteiger partial charge in [0.05, 0.1) is 5.57 Å². The van der Waals surface area contributed by atoms with Crippen LogP contribution in [0, 0.1) is 19.7 Å². The van der Waals surface area contributed by atoms with Crippen LogP contribution in [-0.4, -0.2) is 26.9 Å². The first-order valence-corrected chi connectivity index (χ1v) is 10.7. The van der Waals surface area contributed by atoms with Crippen molar-refractivity contribution in [2.24, 2.45) is 0 Å². The molecule has 1 aromatic heterocycles. The Morgan fingerprint density at radius 2 is 2.00 bits per heavy atom. The predicted octanol–water partition coefficient (Wildman–Crippen LogP) is 4.68. The van der Waals surface area contributed by atoms with Gasteiger partial charge in [0.25, 0.3) is 5.91 Å². The molecule has 2 aromatic carbocycles. The SMILES string of the molecule is CSc1nc2n(n1)[C@@H](c1cccc(F)c1)C(C(=O)Nc1ccc(C)cc1C)=C(C)N2. The number of halogens is 1. The lowest BCUT2D eigenvalue weighted by molar-refractivity contribution is -0.113. The zero-order valence-electron chi connectivity index (χ0n) is 17.2. The summed E-state index contributed by atoms with van der Waals surface area (Å²) >= 11 is 1.40. The van der Waals surface area contributed by atoms with E-state index in [-0.39, 0.29) is 11.7 Å². The fourth-order valence-corrected chi connectivity index (χ4v) is 3.99. The first kappa shape index (κ1) is 20.2. The normalized spacial score (nSPS) is 15.6. The lowest BCUT2D eigenvalue weighted by Gasteiger charge is -2.28. The third-order valence-electron chi connectivity index (χ3n) is 5.05. The Morgan fingerprint density at radius 3 is 2.70 bits per heavy atom. The molecule has 1 aliphatic heterocycles. The standard InChI is InChI=1S/C22H22FN5OS/c1-12-8-9-17(13(2)10-12)25-20(29)18-14(3)24-21-26-22(30-4)27-28(21)19(18)15-6-5-7-16(23)11-15/h5-11,19H,1-4H3,(H,25,29)(H,24,26,27)/t19-/m0/s1. The van der Waals surface area contributed by atoms with Crippen molar-refractivity contribution in [1.29, 1.82) is 0 Å². The van der Waals surface area contributed by atoms with Crippen LogP contribution in [0.5, 0.6) is 0 Å². The van der Waals surface area contributed by atoms with E-state index < -0.39 is 6.04 Å². The molecule has 0 aliphatic carbocycles. The lowest BCUT2D eigenvalue weighted by Crippen LogP contribution is -2.31. The molecule has 0 radical (unpaired) electrons. The van der Waals surface area contributed by atoms with Crippen molar-refractivity contribution in [2.45, 2.75) is 32.0 Å². The summed E-state index contributed by atoms with van der Waals surface area (Å²) in [6.45, 7) is 5.78. The largest absolute Gasteiger partial charge is 0.328 e. The van der Waals surface area contributed by atoms with Gasteiger partial charge in [0.2, 0.25) is 11.1 Å². The first-order valence-electron chi connectivity index (χ1n) is 9.49. The molecule has 0 fully saturated rings. The number of hydrogen-bond donors (Lipinski definition) is 2. The number of carbonyl (C=O) groups excluding carboxylic acids is 1. The number of anilines is 2. The van der Waals surface area contributed by atoms with Crippen molar-refractivity contribution in [3.63, 3.8) is 0 Å². The highest BCUT2D eigenvalue weighted by Crippen LogP contribution is 2.36. The molecule has 6 nitrogen and oxygen atoms in total. The number of aromatic nitrogens is 3. The molecule has 3 aromatic rings. The van der Waals surface area contributed by atoms with Gasteiger partial charge < -0.3 is 10.6 Å². The third kappa shape index (κ3) is 3.70. The maximum Gasteiger partial charge on any atom is 0.255 e. The Balaban J connectivity index is 1.79. The molecule has 0 unspecified atom stereocenters. The molecule has 1 atom stereocenters. The summed E-state index contributed by atoms with van der Waals surface area (Å²) in [7, 11) is 0. The number of nitrogens with zero attached hydrogens (tertiary/aromatic N) is 3. The first-order chi connectivity index (χ1) is 14.4. The summed E-state index contributed by atoms with van der Waals surface area (Å²) < 4.78 is 15.7. The van der Waals surface area contributed by atoms with Gasteiger partial charge in [0.1, 0.15) is 11.9 Å². The highest BCUT2D eigenvalue weighted by Gasteiger charge is 2.34. The summed E-state index contributed by atoms with van der Waals surface area (Å²) in [6, 6.07) is 11.5. The molecule has 154 valence electrons. The van der Waals surface area contributed by atoms with E-state index in [1.165, 1.54) is 23.9 Å². The minimum absolute atomic E-state index is 0.270. The van der Waals surface area contributed by atoms with E-state index in [1.54, 1.807) is 16.8 Å². The predicted molar refractivity (Wildman–Crippen MR) is 117 cm³/mol. The average molecular weight is 424 g/mol. The molecule has 0 saturated carbocycles. The van der Waals surface area contributed by atoms with Gasteiger partial charge in [-0.3, -0.25) is 4.79 Å². The Kier molecular flexibility index (Phi) is 5.34. The van der Waals surface area contributed by atoms with E-state index >= 15 is 0 Å². The average Bonchev–Trinajstić information content (AvgIpc) is 3.11. The topological polar surface area (TPSA) is 71.8 Å². The minimum atomic E-state index is -0.601. The summed E-state index contributed by atoms with van der Waals surface area (Å²) in [4.78, 5) is 17.9. The number of carbonyl (C=O) groups is 1. The second kappa shape index (κ2) is 7.95. The van der Waals surface area contributed by atoms with E-state index in [0.29, 0.717) is 27.9 Å². The third-order valence-corrected chi connectivity index (χ3v) is 5.59. The van der Waals surface area contributed by atoms with Crippen LogP contribution in [-0.2, 0) is 4.79 Å². The number of benzene rings is 2. The van der Waals surface area contributed by atoms with Crippen molar-refractivity contribution < 1.29 is 9.18 Å². The molecule has 8 heteroatoms. The van der Waals surface area contributed by atoms with Crippen LogP contribution in [0.25, 0.3) is 0 Å². The van der Waals surface area contributed by atoms with Gasteiger partial charge in [-0.05, 0) is 56.4 Å². The van der Waals surface area contributed by atoms with Gasteiger partial charge in [-0.2, -0.15) is 4.98 Å². The number of nitrogens with one attached hydrogen (secondary N) is 2. The van der Waals surface area contributed by atoms with Gasteiger partial charge in [-0.15, -0.1) is 5.10 Å². The van der Waals surface area contributed by atoms with E-state index in [0.717, 1.165) is 16.8 Å². The molecule has 4 rings (SSSR count). The second-order valence-electron chi connectivity index (χ2n) is 7.26. The fourth-order valence-electron chi connectivity index (χ4n) is 3.64. The van der Waals surface area contributed by atoms with Crippen LogP contribution in [0.1, 0.15) is 29.7 Å². The molecule has 1 amide bonds. The molecule has 0 saturated heterocycles. The van der Waals surface area contributed by atoms with Crippen molar-refractivity contribution in [3.05, 3.63) is 76.2 Å². The summed E-state index contributed by atoms with van der Waals surface area (Å²) in [5.74, 6) is -0.119. The molecule has 2 heterocycles. The number of hydrogen-bond acceptors (Lipinski definition) is 5. The van der Waals surface area contributed by atoms with Crippen molar-refractivity contribution in [2.75, 3.05) is 16.9 Å². The zero-order chi connectivity index (χ0) is 21.4. The Labute approximate surface area is 178 Å². The van der Waals surface area contributed by atoms with Gasteiger partial charge in [-0.1, -0.05) is 41.6 Å². The highest BCUT2D eigenvalue weighted by atomic mass is 32.2. The summed E-state index contributed by atoms with van der Waals surface area (Å²) in [5.41, 5.74) is 4.57. The monoisotopic (exact) mass is 423 g/mol. The number of amides is 1. The number of rotatable bonds is 4. The molecule has 0 bridgehead atoms. The number of aryl methyl sites for hydroxylation is 2. The molecule has 30 heavy (non-hydrogen) atoms. The maximum absolute atomic E-state index is 14.1. The van der Waals surface area contributed by atoms with Crippen molar-refractivity contribution >= 4 is 29.3 Å². The van der Waals surface area contributed by atoms with Crippen molar-refractivity contribution in [3.8, 4) is 0 Å². The molecule has 2 N–H and O–H groups in total. The fraction of sp³-hybridized carbons (Fsp3) is 0.227. The number of thioether (sulfide) groups is 1. The van der Waals surface area contributed by atoms with E-state index in [9.17, 15) is 9.18 Å².